The summed E-state index contributed by atoms with van der Waals surface area (Å²) in [4.78, 5) is 0. The van der Waals surface area contributed by atoms with Crippen molar-refractivity contribution in [3.8, 4) is 5.75 Å². The lowest BCUT2D eigenvalue weighted by Gasteiger charge is -2.19. The van der Waals surface area contributed by atoms with E-state index in [1.54, 1.807) is 12.1 Å². The van der Waals surface area contributed by atoms with E-state index in [0.717, 1.165) is 12.0 Å². The number of fused-ring (bicyclic) bond motifs is 1. The second-order valence-electron chi connectivity index (χ2n) is 3.93. The van der Waals surface area contributed by atoms with E-state index in [1.807, 2.05) is 12.1 Å². The average Bonchev–Trinajstić information content (AvgIpc) is 2.15. The van der Waals surface area contributed by atoms with Crippen LogP contribution in [-0.4, -0.2) is 14.2 Å². The molecule has 4 heteroatoms. The molecule has 0 saturated heterocycles. The first-order chi connectivity index (χ1) is 7.08. The second kappa shape index (κ2) is 3.85. The first-order valence-corrected chi connectivity index (χ1v) is 6.67. The van der Waals surface area contributed by atoms with Crippen LogP contribution in [0.5, 0.6) is 5.75 Å². The van der Waals surface area contributed by atoms with Gasteiger partial charge >= 0.3 is 10.1 Å². The third-order valence-electron chi connectivity index (χ3n) is 2.70. The van der Waals surface area contributed by atoms with Crippen molar-refractivity contribution < 1.29 is 12.6 Å². The highest BCUT2D eigenvalue weighted by molar-refractivity contribution is 7.87. The largest absolute Gasteiger partial charge is 0.382 e. The quantitative estimate of drug-likeness (QED) is 0.637. The standard InChI is InChI=1S/C11H14O3S/c1-9-5-4-8-15(12,13)14-11-7-3-2-6-10(9)11/h2-3,6-7,9H,4-5,8H2,1H3. The van der Waals surface area contributed by atoms with Gasteiger partial charge in [0, 0.05) is 0 Å². The highest BCUT2D eigenvalue weighted by atomic mass is 32.2. The van der Waals surface area contributed by atoms with E-state index in [1.165, 1.54) is 0 Å². The van der Waals surface area contributed by atoms with E-state index in [0.29, 0.717) is 18.1 Å². The van der Waals surface area contributed by atoms with E-state index >= 15 is 0 Å². The SMILES string of the molecule is CC1CCCS(=O)(=O)Oc2ccccc21. The van der Waals surface area contributed by atoms with Crippen molar-refractivity contribution in [3.63, 3.8) is 0 Å². The van der Waals surface area contributed by atoms with Gasteiger partial charge in [-0.05, 0) is 30.4 Å². The van der Waals surface area contributed by atoms with Gasteiger partial charge in [0.05, 0.1) is 5.75 Å². The number of hydrogen-bond donors (Lipinski definition) is 0. The topological polar surface area (TPSA) is 43.4 Å². The third kappa shape index (κ3) is 2.31. The number of rotatable bonds is 0. The first-order valence-electron chi connectivity index (χ1n) is 5.09. The predicted molar refractivity (Wildman–Crippen MR) is 58.5 cm³/mol. The van der Waals surface area contributed by atoms with Crippen LogP contribution in [0.3, 0.4) is 0 Å². The summed E-state index contributed by atoms with van der Waals surface area (Å²) in [5, 5.41) is 0. The minimum atomic E-state index is -3.38. The lowest BCUT2D eigenvalue weighted by atomic mass is 9.96. The molecule has 1 aromatic carbocycles. The molecule has 0 fully saturated rings. The summed E-state index contributed by atoms with van der Waals surface area (Å²) in [6.45, 7) is 2.10. The maximum atomic E-state index is 11.5. The molecule has 2 rings (SSSR count). The highest BCUT2D eigenvalue weighted by Crippen LogP contribution is 2.32. The summed E-state index contributed by atoms with van der Waals surface area (Å²) in [6.07, 6.45) is 1.55. The van der Waals surface area contributed by atoms with Crippen LogP contribution >= 0.6 is 0 Å². The van der Waals surface area contributed by atoms with E-state index < -0.39 is 10.1 Å². The van der Waals surface area contributed by atoms with Crippen LogP contribution in [0.25, 0.3) is 0 Å². The number of hydrogen-bond acceptors (Lipinski definition) is 3. The van der Waals surface area contributed by atoms with Crippen molar-refractivity contribution in [2.45, 2.75) is 25.7 Å². The molecular weight excluding hydrogens is 212 g/mol. The van der Waals surface area contributed by atoms with Crippen LogP contribution in [0, 0.1) is 0 Å². The number of benzene rings is 1. The summed E-state index contributed by atoms with van der Waals surface area (Å²) in [5.41, 5.74) is 0.987. The first kappa shape index (κ1) is 10.5. The Balaban J connectivity index is 2.46. The lowest BCUT2D eigenvalue weighted by Crippen LogP contribution is -2.18. The average molecular weight is 226 g/mol. The Morgan fingerprint density at radius 2 is 2.07 bits per heavy atom. The fraction of sp³-hybridized carbons (Fsp3) is 0.455. The third-order valence-corrected chi connectivity index (χ3v) is 3.92. The molecule has 0 radical (unpaired) electrons. The molecule has 15 heavy (non-hydrogen) atoms. The predicted octanol–water partition coefficient (Wildman–Crippen LogP) is 2.29. The normalized spacial score (nSPS) is 24.5. The van der Waals surface area contributed by atoms with Crippen molar-refractivity contribution >= 4 is 10.1 Å². The molecule has 0 amide bonds. The molecule has 1 heterocycles. The monoisotopic (exact) mass is 226 g/mol. The minimum absolute atomic E-state index is 0.117. The Morgan fingerprint density at radius 3 is 2.87 bits per heavy atom. The van der Waals surface area contributed by atoms with Gasteiger partial charge in [-0.2, -0.15) is 8.42 Å². The van der Waals surface area contributed by atoms with Gasteiger partial charge in [0.2, 0.25) is 0 Å². The molecule has 0 saturated carbocycles. The molecule has 82 valence electrons. The Morgan fingerprint density at radius 1 is 1.33 bits per heavy atom. The van der Waals surface area contributed by atoms with Gasteiger partial charge in [0.15, 0.2) is 0 Å². The van der Waals surface area contributed by atoms with Gasteiger partial charge in [-0.3, -0.25) is 0 Å². The molecular formula is C11H14O3S. The number of para-hydroxylation sites is 1. The molecule has 0 aliphatic carbocycles. The molecule has 1 unspecified atom stereocenters. The molecule has 1 atom stereocenters. The van der Waals surface area contributed by atoms with Gasteiger partial charge in [0.1, 0.15) is 5.75 Å². The van der Waals surface area contributed by atoms with Crippen LogP contribution < -0.4 is 4.18 Å². The second-order valence-corrected chi connectivity index (χ2v) is 5.62. The molecule has 3 nitrogen and oxygen atoms in total. The van der Waals surface area contributed by atoms with E-state index in [-0.39, 0.29) is 5.75 Å². The fourth-order valence-corrected chi connectivity index (χ4v) is 2.89. The van der Waals surface area contributed by atoms with Crippen molar-refractivity contribution in [1.82, 2.24) is 0 Å². The van der Waals surface area contributed by atoms with Crippen LogP contribution in [0.15, 0.2) is 24.3 Å². The van der Waals surface area contributed by atoms with Crippen LogP contribution in [0.4, 0.5) is 0 Å². The Bertz CT molecular complexity index is 451. The summed E-state index contributed by atoms with van der Waals surface area (Å²) >= 11 is 0. The van der Waals surface area contributed by atoms with Gasteiger partial charge in [-0.25, -0.2) is 0 Å². The molecule has 1 aromatic rings. The zero-order valence-corrected chi connectivity index (χ0v) is 9.46. The summed E-state index contributed by atoms with van der Waals surface area (Å²) < 4.78 is 28.0. The molecule has 0 bridgehead atoms. The maximum Gasteiger partial charge on any atom is 0.309 e. The Labute approximate surface area is 90.2 Å². The summed E-state index contributed by atoms with van der Waals surface area (Å²) in [7, 11) is -3.38. The van der Waals surface area contributed by atoms with Gasteiger partial charge in [0.25, 0.3) is 0 Å². The van der Waals surface area contributed by atoms with E-state index in [2.05, 4.69) is 6.92 Å². The summed E-state index contributed by atoms with van der Waals surface area (Å²) in [6, 6.07) is 7.35. The maximum absolute atomic E-state index is 11.5. The Hall–Kier alpha value is -1.03. The van der Waals surface area contributed by atoms with E-state index in [4.69, 9.17) is 4.18 Å². The van der Waals surface area contributed by atoms with Crippen LogP contribution in [0.1, 0.15) is 31.2 Å². The smallest absolute Gasteiger partial charge is 0.309 e. The zero-order valence-electron chi connectivity index (χ0n) is 8.64. The van der Waals surface area contributed by atoms with Gasteiger partial charge < -0.3 is 4.18 Å². The molecule has 1 aliphatic rings. The van der Waals surface area contributed by atoms with Crippen molar-refractivity contribution in [2.75, 3.05) is 5.75 Å². The molecule has 0 N–H and O–H groups in total. The van der Waals surface area contributed by atoms with Crippen LogP contribution in [-0.2, 0) is 10.1 Å². The molecule has 0 aromatic heterocycles. The van der Waals surface area contributed by atoms with Crippen molar-refractivity contribution in [1.29, 1.82) is 0 Å². The fourth-order valence-electron chi connectivity index (χ4n) is 1.86. The zero-order chi connectivity index (χ0) is 10.9. The van der Waals surface area contributed by atoms with Crippen molar-refractivity contribution in [2.24, 2.45) is 0 Å². The van der Waals surface area contributed by atoms with Crippen LogP contribution in [0.2, 0.25) is 0 Å². The molecule has 1 aliphatic heterocycles. The minimum Gasteiger partial charge on any atom is -0.382 e. The van der Waals surface area contributed by atoms with Gasteiger partial charge in [-0.15, -0.1) is 0 Å². The molecule has 0 spiro atoms. The Kier molecular flexibility index (Phi) is 2.69. The van der Waals surface area contributed by atoms with Crippen molar-refractivity contribution in [3.05, 3.63) is 29.8 Å². The van der Waals surface area contributed by atoms with E-state index in [9.17, 15) is 8.42 Å². The summed E-state index contributed by atoms with van der Waals surface area (Å²) in [5.74, 6) is 0.965. The van der Waals surface area contributed by atoms with Gasteiger partial charge in [-0.1, -0.05) is 25.1 Å². The highest BCUT2D eigenvalue weighted by Gasteiger charge is 2.21. The lowest BCUT2D eigenvalue weighted by molar-refractivity contribution is 0.465.